The molecule has 0 amide bonds. The summed E-state index contributed by atoms with van der Waals surface area (Å²) in [7, 11) is 0. The van der Waals surface area contributed by atoms with Crippen LogP contribution in [0.5, 0.6) is 0 Å². The zero-order chi connectivity index (χ0) is 22.0. The highest BCUT2D eigenvalue weighted by atomic mass is 32.2. The van der Waals surface area contributed by atoms with Crippen LogP contribution in [0.4, 0.5) is 5.82 Å². The van der Waals surface area contributed by atoms with Crippen LogP contribution in [0.15, 0.2) is 38.3 Å². The van der Waals surface area contributed by atoms with Crippen LogP contribution in [0.3, 0.4) is 0 Å². The lowest BCUT2D eigenvalue weighted by molar-refractivity contribution is -0.141. The molecule has 160 valence electrons. The Bertz CT molecular complexity index is 1250. The van der Waals surface area contributed by atoms with Gasteiger partial charge in [-0.05, 0) is 26.0 Å². The van der Waals surface area contributed by atoms with Crippen molar-refractivity contribution >= 4 is 51.7 Å². The molecule has 0 aliphatic rings. The van der Waals surface area contributed by atoms with Gasteiger partial charge in [-0.1, -0.05) is 23.9 Å². The first-order chi connectivity index (χ1) is 15.0. The molecule has 0 radical (unpaired) electrons. The van der Waals surface area contributed by atoms with E-state index in [-0.39, 0.29) is 47.3 Å². The molecule has 0 spiro atoms. The number of thioether (sulfide) groups is 1. The second-order valence-corrected chi connectivity index (χ2v) is 7.28. The summed E-state index contributed by atoms with van der Waals surface area (Å²) in [5, 5.41) is 0.648. The Morgan fingerprint density at radius 2 is 1.94 bits per heavy atom. The number of para-hydroxylation sites is 2. The van der Waals surface area contributed by atoms with Crippen molar-refractivity contribution in [2.45, 2.75) is 25.7 Å². The molecule has 0 fully saturated rings. The molecular weight excluding hydrogens is 424 g/mol. The Balaban J connectivity index is 1.41. The summed E-state index contributed by atoms with van der Waals surface area (Å²) >= 11 is 1.12. The first kappa shape index (κ1) is 20.7. The van der Waals surface area contributed by atoms with Crippen LogP contribution in [0.25, 0.3) is 22.2 Å². The van der Waals surface area contributed by atoms with Gasteiger partial charge in [-0.25, -0.2) is 14.8 Å². The van der Waals surface area contributed by atoms with Gasteiger partial charge in [0.25, 0.3) is 5.22 Å². The zero-order valence-electron chi connectivity index (χ0n) is 16.7. The summed E-state index contributed by atoms with van der Waals surface area (Å²) in [6.45, 7) is 3.31. The van der Waals surface area contributed by atoms with Crippen LogP contribution in [0.1, 0.15) is 28.9 Å². The predicted molar refractivity (Wildman–Crippen MR) is 111 cm³/mol. The molecule has 0 saturated heterocycles. The smallest absolute Gasteiger partial charge is 0.342 e. The van der Waals surface area contributed by atoms with E-state index < -0.39 is 11.9 Å². The lowest BCUT2D eigenvalue weighted by atomic mass is 10.2. The molecule has 0 saturated carbocycles. The van der Waals surface area contributed by atoms with Crippen LogP contribution in [0.2, 0.25) is 0 Å². The molecule has 10 nitrogen and oxygen atoms in total. The Morgan fingerprint density at radius 1 is 1.13 bits per heavy atom. The fourth-order valence-corrected chi connectivity index (χ4v) is 3.55. The van der Waals surface area contributed by atoms with Crippen LogP contribution >= 0.6 is 11.8 Å². The molecule has 0 atom stereocenters. The van der Waals surface area contributed by atoms with Gasteiger partial charge in [0.2, 0.25) is 5.71 Å². The summed E-state index contributed by atoms with van der Waals surface area (Å²) in [6.07, 6.45) is 0. The SMILES string of the molecule is CCOC(=O)c1c(C)oc2nc(COC(=O)CSc3nc4ccccc4o3)nc(N)c12. The molecule has 3 aromatic heterocycles. The van der Waals surface area contributed by atoms with E-state index in [0.717, 1.165) is 11.8 Å². The summed E-state index contributed by atoms with van der Waals surface area (Å²) in [6, 6.07) is 7.32. The van der Waals surface area contributed by atoms with Gasteiger partial charge in [0, 0.05) is 0 Å². The minimum Gasteiger partial charge on any atom is -0.462 e. The van der Waals surface area contributed by atoms with E-state index in [9.17, 15) is 9.59 Å². The lowest BCUT2D eigenvalue weighted by Gasteiger charge is -2.05. The van der Waals surface area contributed by atoms with Crippen molar-refractivity contribution in [3.05, 3.63) is 41.4 Å². The number of furan rings is 1. The number of esters is 2. The van der Waals surface area contributed by atoms with Gasteiger partial charge in [-0.15, -0.1) is 0 Å². The molecule has 0 unspecified atom stereocenters. The predicted octanol–water partition coefficient (Wildman–Crippen LogP) is 3.27. The quantitative estimate of drug-likeness (QED) is 0.332. The van der Waals surface area contributed by atoms with Gasteiger partial charge in [0.05, 0.1) is 12.0 Å². The highest BCUT2D eigenvalue weighted by Gasteiger charge is 2.24. The minimum absolute atomic E-state index is 0.00256. The van der Waals surface area contributed by atoms with Crippen molar-refractivity contribution in [2.24, 2.45) is 0 Å². The third-order valence-electron chi connectivity index (χ3n) is 4.23. The number of ether oxygens (including phenoxy) is 2. The number of oxazole rings is 1. The van der Waals surface area contributed by atoms with E-state index in [2.05, 4.69) is 15.0 Å². The van der Waals surface area contributed by atoms with Crippen molar-refractivity contribution < 1.29 is 27.9 Å². The van der Waals surface area contributed by atoms with E-state index in [4.69, 9.17) is 24.0 Å². The number of nitrogen functional groups attached to an aromatic ring is 1. The summed E-state index contributed by atoms with van der Waals surface area (Å²) in [5.74, 6) is -0.566. The number of carbonyl (C=O) groups is 2. The molecule has 4 aromatic rings. The standard InChI is InChI=1S/C20H18N4O6S/c1-3-27-19(26)15-10(2)29-18-16(15)17(21)23-13(24-18)8-28-14(25)9-31-20-22-11-6-4-5-7-12(11)30-20/h4-7H,3,8-9H2,1-2H3,(H2,21,23,24). The number of rotatable bonds is 7. The second-order valence-electron chi connectivity index (χ2n) is 6.36. The zero-order valence-corrected chi connectivity index (χ0v) is 17.5. The third-order valence-corrected chi connectivity index (χ3v) is 5.03. The van der Waals surface area contributed by atoms with Gasteiger partial charge in [0.15, 0.2) is 18.0 Å². The topological polar surface area (TPSA) is 144 Å². The Morgan fingerprint density at radius 3 is 2.71 bits per heavy atom. The average Bonchev–Trinajstić information content (AvgIpc) is 3.31. The van der Waals surface area contributed by atoms with E-state index in [0.29, 0.717) is 22.1 Å². The first-order valence-electron chi connectivity index (χ1n) is 9.33. The summed E-state index contributed by atoms with van der Waals surface area (Å²) < 4.78 is 21.3. The van der Waals surface area contributed by atoms with Crippen molar-refractivity contribution in [3.8, 4) is 0 Å². The number of benzene rings is 1. The third kappa shape index (κ3) is 4.31. The summed E-state index contributed by atoms with van der Waals surface area (Å²) in [4.78, 5) is 36.9. The maximum Gasteiger partial charge on any atom is 0.342 e. The highest BCUT2D eigenvalue weighted by molar-refractivity contribution is 7.99. The molecule has 0 aliphatic carbocycles. The lowest BCUT2D eigenvalue weighted by Crippen LogP contribution is -2.11. The number of anilines is 1. The van der Waals surface area contributed by atoms with Gasteiger partial charge in [-0.3, -0.25) is 4.79 Å². The minimum atomic E-state index is -0.565. The van der Waals surface area contributed by atoms with Crippen molar-refractivity contribution in [3.63, 3.8) is 0 Å². The van der Waals surface area contributed by atoms with Crippen molar-refractivity contribution in [1.29, 1.82) is 0 Å². The molecule has 11 heteroatoms. The molecule has 2 N–H and O–H groups in total. The molecular formula is C20H18N4O6S. The van der Waals surface area contributed by atoms with Crippen LogP contribution in [-0.4, -0.2) is 39.3 Å². The Labute approximate surface area is 180 Å². The first-order valence-corrected chi connectivity index (χ1v) is 10.3. The number of hydrogen-bond donors (Lipinski definition) is 1. The van der Waals surface area contributed by atoms with Crippen LogP contribution in [-0.2, 0) is 20.9 Å². The summed E-state index contributed by atoms with van der Waals surface area (Å²) in [5.41, 5.74) is 7.67. The van der Waals surface area contributed by atoms with Gasteiger partial charge in [0.1, 0.15) is 28.4 Å². The van der Waals surface area contributed by atoms with Gasteiger partial charge < -0.3 is 24.0 Å². The van der Waals surface area contributed by atoms with Gasteiger partial charge >= 0.3 is 11.9 Å². The number of aromatic nitrogens is 3. The van der Waals surface area contributed by atoms with E-state index in [1.54, 1.807) is 19.9 Å². The normalized spacial score (nSPS) is 11.2. The Kier molecular flexibility index (Phi) is 5.76. The van der Waals surface area contributed by atoms with E-state index >= 15 is 0 Å². The van der Waals surface area contributed by atoms with E-state index in [1.807, 2.05) is 18.2 Å². The second kappa shape index (κ2) is 8.64. The maximum atomic E-state index is 12.2. The Hall–Kier alpha value is -3.60. The molecule has 31 heavy (non-hydrogen) atoms. The fourth-order valence-electron chi connectivity index (χ4n) is 2.92. The molecule has 1 aromatic carbocycles. The molecule has 3 heterocycles. The number of carbonyl (C=O) groups excluding carboxylic acids is 2. The number of hydrogen-bond acceptors (Lipinski definition) is 11. The largest absolute Gasteiger partial charge is 0.462 e. The van der Waals surface area contributed by atoms with Crippen LogP contribution < -0.4 is 5.73 Å². The van der Waals surface area contributed by atoms with Gasteiger partial charge in [-0.2, -0.15) is 4.98 Å². The molecule has 0 bridgehead atoms. The van der Waals surface area contributed by atoms with Crippen molar-refractivity contribution in [1.82, 2.24) is 15.0 Å². The average molecular weight is 442 g/mol. The van der Waals surface area contributed by atoms with Crippen molar-refractivity contribution in [2.75, 3.05) is 18.1 Å². The highest BCUT2D eigenvalue weighted by Crippen LogP contribution is 2.29. The number of fused-ring (bicyclic) bond motifs is 2. The number of aryl methyl sites for hydroxylation is 1. The van der Waals surface area contributed by atoms with E-state index in [1.165, 1.54) is 0 Å². The maximum absolute atomic E-state index is 12.2. The molecule has 0 aliphatic heterocycles. The fraction of sp³-hybridized carbons (Fsp3) is 0.250. The number of nitrogens with zero attached hydrogens (tertiary/aromatic N) is 3. The van der Waals surface area contributed by atoms with Crippen LogP contribution in [0, 0.1) is 6.92 Å². The monoisotopic (exact) mass is 442 g/mol. The number of nitrogens with two attached hydrogens (primary N) is 1. The molecule has 4 rings (SSSR count).